The minimum absolute atomic E-state index is 0.138. The van der Waals surface area contributed by atoms with Gasteiger partial charge in [0.1, 0.15) is 5.82 Å². The van der Waals surface area contributed by atoms with Crippen molar-refractivity contribution < 1.29 is 14.3 Å². The van der Waals surface area contributed by atoms with Crippen LogP contribution in [0.15, 0.2) is 78.9 Å². The second kappa shape index (κ2) is 12.0. The van der Waals surface area contributed by atoms with E-state index in [9.17, 15) is 14.3 Å². The zero-order valence-electron chi connectivity index (χ0n) is 20.2. The van der Waals surface area contributed by atoms with Gasteiger partial charge in [0.15, 0.2) is 0 Å². The Kier molecular flexibility index (Phi) is 8.50. The van der Waals surface area contributed by atoms with E-state index >= 15 is 0 Å². The number of carbonyl (C=O) groups excluding carboxylic acids is 1. The summed E-state index contributed by atoms with van der Waals surface area (Å²) in [6.45, 7) is 4.76. The van der Waals surface area contributed by atoms with Gasteiger partial charge in [-0.3, -0.25) is 4.90 Å². The highest BCUT2D eigenvalue weighted by molar-refractivity contribution is 5.89. The van der Waals surface area contributed by atoms with Gasteiger partial charge in [-0.05, 0) is 73.7 Å². The summed E-state index contributed by atoms with van der Waals surface area (Å²) in [5.41, 5.74) is 4.55. The van der Waals surface area contributed by atoms with Crippen LogP contribution in [0.2, 0.25) is 0 Å². The first-order valence-electron chi connectivity index (χ1n) is 12.3. The largest absolute Gasteiger partial charge is 0.395 e. The Morgan fingerprint density at radius 3 is 2.37 bits per heavy atom. The smallest absolute Gasteiger partial charge is 0.321 e. The van der Waals surface area contributed by atoms with Gasteiger partial charge in [-0.25, -0.2) is 9.18 Å². The van der Waals surface area contributed by atoms with Crippen molar-refractivity contribution in [3.8, 4) is 11.1 Å². The zero-order valence-corrected chi connectivity index (χ0v) is 20.2. The van der Waals surface area contributed by atoms with Crippen molar-refractivity contribution in [2.75, 3.05) is 31.6 Å². The van der Waals surface area contributed by atoms with Crippen molar-refractivity contribution >= 4 is 11.7 Å². The summed E-state index contributed by atoms with van der Waals surface area (Å²) in [4.78, 5) is 16.5. The van der Waals surface area contributed by atoms with Crippen LogP contribution >= 0.6 is 0 Å². The monoisotopic (exact) mass is 475 g/mol. The molecule has 2 saturated heterocycles. The second-order valence-corrected chi connectivity index (χ2v) is 9.23. The lowest BCUT2D eigenvalue weighted by atomic mass is 9.91. The van der Waals surface area contributed by atoms with Gasteiger partial charge in [0.25, 0.3) is 0 Å². The maximum Gasteiger partial charge on any atom is 0.321 e. The normalized spacial score (nSPS) is 19.8. The summed E-state index contributed by atoms with van der Waals surface area (Å²) in [6, 6.07) is 25.2. The molecule has 6 heteroatoms. The molecule has 2 aliphatic heterocycles. The number of hydrogen-bond donors (Lipinski definition) is 2. The van der Waals surface area contributed by atoms with Crippen molar-refractivity contribution in [1.29, 1.82) is 0 Å². The van der Waals surface area contributed by atoms with Gasteiger partial charge in [-0.1, -0.05) is 54.6 Å². The number of aliphatic hydroxyl groups excluding tert-OH is 1. The number of halogens is 1. The molecule has 0 aliphatic carbocycles. The van der Waals surface area contributed by atoms with Crippen molar-refractivity contribution in [3.05, 3.63) is 90.2 Å². The van der Waals surface area contributed by atoms with Gasteiger partial charge >= 0.3 is 6.03 Å². The summed E-state index contributed by atoms with van der Waals surface area (Å²) in [6.07, 6.45) is 2.93. The molecule has 5 nitrogen and oxygen atoms in total. The number of carbonyl (C=O) groups is 1. The Morgan fingerprint density at radius 1 is 0.971 bits per heavy atom. The lowest BCUT2D eigenvalue weighted by Gasteiger charge is -2.50. The number of urea groups is 1. The third-order valence-electron chi connectivity index (χ3n) is 6.83. The van der Waals surface area contributed by atoms with Gasteiger partial charge in [0, 0.05) is 30.9 Å². The fourth-order valence-corrected chi connectivity index (χ4v) is 4.85. The number of aliphatic hydroxyl groups is 1. The summed E-state index contributed by atoms with van der Waals surface area (Å²) >= 11 is 0. The number of benzene rings is 3. The molecule has 0 saturated carbocycles. The van der Waals surface area contributed by atoms with E-state index in [1.54, 1.807) is 12.1 Å². The Labute approximate surface area is 207 Å². The standard InChI is InChI=1S/C16H22FN3O2.C13H12/c17-12-3-5-13(6-4-12)18-16(22)19-7-1-2-8-20-14(10-19)9-15(20)11-21;1-11-7-5-6-10-13(11)12-8-3-2-4-9-12/h3-6,14-15,21H,1-2,7-11H2,(H,18,22);2-10H,1H3/t14-,15+;/m1./s1. The van der Waals surface area contributed by atoms with Gasteiger partial charge in [0.05, 0.1) is 6.61 Å². The molecule has 0 aromatic heterocycles. The zero-order chi connectivity index (χ0) is 24.6. The van der Waals surface area contributed by atoms with Crippen LogP contribution in [0, 0.1) is 12.7 Å². The summed E-state index contributed by atoms with van der Waals surface area (Å²) in [5, 5.41) is 12.1. The molecule has 0 radical (unpaired) electrons. The molecular formula is C29H34FN3O2. The highest BCUT2D eigenvalue weighted by Crippen LogP contribution is 2.28. The summed E-state index contributed by atoms with van der Waals surface area (Å²) in [7, 11) is 0. The molecule has 0 unspecified atom stereocenters. The lowest BCUT2D eigenvalue weighted by Crippen LogP contribution is -2.63. The van der Waals surface area contributed by atoms with Gasteiger partial charge in [-0.15, -0.1) is 0 Å². The molecule has 3 aromatic carbocycles. The van der Waals surface area contributed by atoms with Crippen molar-refractivity contribution in [1.82, 2.24) is 9.80 Å². The van der Waals surface area contributed by atoms with E-state index < -0.39 is 0 Å². The lowest BCUT2D eigenvalue weighted by molar-refractivity contribution is -0.0343. The molecule has 0 bridgehead atoms. The van der Waals surface area contributed by atoms with Crippen LogP contribution in [0.1, 0.15) is 24.8 Å². The minimum Gasteiger partial charge on any atom is -0.395 e. The van der Waals surface area contributed by atoms with Crippen molar-refractivity contribution in [3.63, 3.8) is 0 Å². The first-order chi connectivity index (χ1) is 17.0. The molecule has 2 atom stereocenters. The number of nitrogens with zero attached hydrogens (tertiary/aromatic N) is 2. The van der Waals surface area contributed by atoms with E-state index in [1.807, 2.05) is 11.0 Å². The Bertz CT molecular complexity index is 1090. The first-order valence-corrected chi connectivity index (χ1v) is 12.3. The third-order valence-corrected chi connectivity index (χ3v) is 6.83. The topological polar surface area (TPSA) is 55.8 Å². The quantitative estimate of drug-likeness (QED) is 0.522. The van der Waals surface area contributed by atoms with Gasteiger partial charge in [0.2, 0.25) is 0 Å². The third kappa shape index (κ3) is 6.47. The van der Waals surface area contributed by atoms with Crippen LogP contribution in [0.3, 0.4) is 0 Å². The summed E-state index contributed by atoms with van der Waals surface area (Å²) in [5.74, 6) is -0.315. The number of rotatable bonds is 3. The average molecular weight is 476 g/mol. The number of amides is 2. The highest BCUT2D eigenvalue weighted by Gasteiger charge is 2.39. The van der Waals surface area contributed by atoms with Crippen molar-refractivity contribution in [2.24, 2.45) is 0 Å². The Balaban J connectivity index is 0.000000189. The number of nitrogens with one attached hydrogen (secondary N) is 1. The Morgan fingerprint density at radius 2 is 1.66 bits per heavy atom. The molecular weight excluding hydrogens is 441 g/mol. The highest BCUT2D eigenvalue weighted by atomic mass is 19.1. The molecule has 2 heterocycles. The van der Waals surface area contributed by atoms with Crippen LogP contribution in [0.4, 0.5) is 14.9 Å². The van der Waals surface area contributed by atoms with Crippen LogP contribution in [-0.4, -0.2) is 59.3 Å². The number of aryl methyl sites for hydroxylation is 1. The number of hydrogen-bond acceptors (Lipinski definition) is 3. The maximum absolute atomic E-state index is 12.9. The maximum atomic E-state index is 12.9. The van der Waals surface area contributed by atoms with E-state index in [1.165, 1.54) is 28.8 Å². The molecule has 0 spiro atoms. The minimum atomic E-state index is -0.315. The SMILES string of the molecule is Cc1ccccc1-c1ccccc1.O=C(Nc1ccc(F)cc1)N1CCCCN2[C@H](CO)C[C@@H]2C1. The molecule has 2 amide bonds. The van der Waals surface area contributed by atoms with Crippen LogP contribution in [-0.2, 0) is 0 Å². The van der Waals surface area contributed by atoms with E-state index in [0.29, 0.717) is 18.3 Å². The fourth-order valence-electron chi connectivity index (χ4n) is 4.85. The molecule has 3 aromatic rings. The molecule has 2 fully saturated rings. The molecule has 35 heavy (non-hydrogen) atoms. The van der Waals surface area contributed by atoms with Gasteiger partial charge in [-0.2, -0.15) is 0 Å². The van der Waals surface area contributed by atoms with Crippen molar-refractivity contribution in [2.45, 2.75) is 38.3 Å². The van der Waals surface area contributed by atoms with Crippen LogP contribution in [0.25, 0.3) is 11.1 Å². The van der Waals surface area contributed by atoms with Crippen LogP contribution in [0.5, 0.6) is 0 Å². The molecule has 2 aliphatic rings. The van der Waals surface area contributed by atoms with E-state index in [-0.39, 0.29) is 24.5 Å². The molecule has 2 N–H and O–H groups in total. The van der Waals surface area contributed by atoms with E-state index in [4.69, 9.17) is 0 Å². The average Bonchev–Trinajstić information content (AvgIpc) is 2.86. The molecule has 5 rings (SSSR count). The van der Waals surface area contributed by atoms with E-state index in [2.05, 4.69) is 65.7 Å². The summed E-state index contributed by atoms with van der Waals surface area (Å²) < 4.78 is 12.9. The first kappa shape index (κ1) is 24.9. The predicted octanol–water partition coefficient (Wildman–Crippen LogP) is 5.55. The fraction of sp³-hybridized carbons (Fsp3) is 0.345. The second-order valence-electron chi connectivity index (χ2n) is 9.23. The number of anilines is 1. The predicted molar refractivity (Wildman–Crippen MR) is 139 cm³/mol. The van der Waals surface area contributed by atoms with Crippen LogP contribution < -0.4 is 5.32 Å². The Hall–Kier alpha value is -3.22. The molecule has 184 valence electrons. The number of fused-ring (bicyclic) bond motifs is 1. The van der Waals surface area contributed by atoms with E-state index in [0.717, 1.165) is 32.4 Å². The van der Waals surface area contributed by atoms with Gasteiger partial charge < -0.3 is 15.3 Å².